The van der Waals surface area contributed by atoms with Crippen molar-refractivity contribution < 1.29 is 4.79 Å². The molecule has 0 fully saturated rings. The maximum Gasteiger partial charge on any atom is 0.224 e. The van der Waals surface area contributed by atoms with Crippen molar-refractivity contribution >= 4 is 11.6 Å². The summed E-state index contributed by atoms with van der Waals surface area (Å²) in [6.45, 7) is 2.77. The van der Waals surface area contributed by atoms with E-state index in [1.807, 2.05) is 37.3 Å². The summed E-state index contributed by atoms with van der Waals surface area (Å²) < 4.78 is 0. The topological polar surface area (TPSA) is 41.1 Å². The van der Waals surface area contributed by atoms with Gasteiger partial charge in [0.05, 0.1) is 0 Å². The van der Waals surface area contributed by atoms with Crippen LogP contribution in [0.2, 0.25) is 0 Å². The third-order valence-electron chi connectivity index (χ3n) is 3.15. The van der Waals surface area contributed by atoms with E-state index in [1.165, 1.54) is 0 Å². The maximum absolute atomic E-state index is 11.9. The minimum absolute atomic E-state index is 0.137. The molecule has 3 heteroatoms. The standard InChI is InChI=1S/C15H20N2O/c1-12(11-16-14-9-3-2-4-10-14)17-15(18)13-7-5-6-8-13/h2-6,9-10,12-13,16H,7-8,11H2,1H3,(H,17,18)/t12-/m0/s1. The number of hydrogen-bond donors (Lipinski definition) is 2. The summed E-state index contributed by atoms with van der Waals surface area (Å²) in [7, 11) is 0. The number of carbonyl (C=O) groups is 1. The van der Waals surface area contributed by atoms with Crippen LogP contribution in [-0.2, 0) is 4.79 Å². The van der Waals surface area contributed by atoms with Crippen LogP contribution in [0, 0.1) is 5.92 Å². The predicted octanol–water partition coefficient (Wildman–Crippen LogP) is 2.57. The molecule has 0 aliphatic heterocycles. The lowest BCUT2D eigenvalue weighted by molar-refractivity contribution is -0.125. The van der Waals surface area contributed by atoms with Crippen LogP contribution in [0.3, 0.4) is 0 Å². The molecule has 0 saturated heterocycles. The Bertz CT molecular complexity index is 406. The molecule has 0 heterocycles. The fourth-order valence-electron chi connectivity index (χ4n) is 2.07. The lowest BCUT2D eigenvalue weighted by atomic mass is 10.1. The van der Waals surface area contributed by atoms with Crippen LogP contribution >= 0.6 is 0 Å². The second-order valence-corrected chi connectivity index (χ2v) is 4.80. The first-order valence-corrected chi connectivity index (χ1v) is 6.50. The second-order valence-electron chi connectivity index (χ2n) is 4.80. The van der Waals surface area contributed by atoms with E-state index in [4.69, 9.17) is 0 Å². The first-order valence-electron chi connectivity index (χ1n) is 6.50. The predicted molar refractivity (Wildman–Crippen MR) is 74.4 cm³/mol. The first kappa shape index (κ1) is 12.7. The summed E-state index contributed by atoms with van der Waals surface area (Å²) in [6, 6.07) is 10.2. The smallest absolute Gasteiger partial charge is 0.224 e. The number of carbonyl (C=O) groups excluding carboxylic acids is 1. The van der Waals surface area contributed by atoms with Crippen LogP contribution in [0.15, 0.2) is 42.5 Å². The Labute approximate surface area is 108 Å². The van der Waals surface area contributed by atoms with Crippen molar-refractivity contribution in [2.24, 2.45) is 5.92 Å². The van der Waals surface area contributed by atoms with Gasteiger partial charge < -0.3 is 10.6 Å². The zero-order valence-corrected chi connectivity index (χ0v) is 10.7. The highest BCUT2D eigenvalue weighted by Crippen LogP contribution is 2.17. The number of allylic oxidation sites excluding steroid dienone is 2. The normalized spacial score (nSPS) is 16.5. The van der Waals surface area contributed by atoms with Crippen LogP contribution < -0.4 is 10.6 Å². The van der Waals surface area contributed by atoms with Gasteiger partial charge in [-0.2, -0.15) is 0 Å². The number of nitrogens with one attached hydrogen (secondary N) is 2. The Morgan fingerprint density at radius 2 is 1.94 bits per heavy atom. The molecule has 3 nitrogen and oxygen atoms in total. The van der Waals surface area contributed by atoms with Gasteiger partial charge in [0.25, 0.3) is 0 Å². The third-order valence-corrected chi connectivity index (χ3v) is 3.15. The van der Waals surface area contributed by atoms with Crippen molar-refractivity contribution in [2.45, 2.75) is 25.8 Å². The van der Waals surface area contributed by atoms with E-state index in [-0.39, 0.29) is 17.9 Å². The quantitative estimate of drug-likeness (QED) is 0.782. The van der Waals surface area contributed by atoms with E-state index in [1.54, 1.807) is 0 Å². The molecule has 0 aromatic heterocycles. The molecule has 1 aliphatic carbocycles. The fraction of sp³-hybridized carbons (Fsp3) is 0.400. The molecule has 0 spiro atoms. The molecule has 1 aliphatic rings. The molecule has 2 N–H and O–H groups in total. The summed E-state index contributed by atoms with van der Waals surface area (Å²) in [5.41, 5.74) is 1.08. The molecular weight excluding hydrogens is 224 g/mol. The number of anilines is 1. The number of amides is 1. The average Bonchev–Trinajstić information content (AvgIpc) is 2.91. The monoisotopic (exact) mass is 244 g/mol. The van der Waals surface area contributed by atoms with E-state index in [2.05, 4.69) is 22.8 Å². The Morgan fingerprint density at radius 1 is 1.28 bits per heavy atom. The van der Waals surface area contributed by atoms with E-state index in [0.717, 1.165) is 25.1 Å². The summed E-state index contributed by atoms with van der Waals surface area (Å²) in [4.78, 5) is 11.9. The average molecular weight is 244 g/mol. The minimum Gasteiger partial charge on any atom is -0.383 e. The van der Waals surface area contributed by atoms with Crippen LogP contribution in [0.5, 0.6) is 0 Å². The molecule has 0 unspecified atom stereocenters. The van der Waals surface area contributed by atoms with Crippen molar-refractivity contribution in [3.05, 3.63) is 42.5 Å². The van der Waals surface area contributed by atoms with Crippen LogP contribution in [0.4, 0.5) is 5.69 Å². The summed E-state index contributed by atoms with van der Waals surface area (Å²) in [5.74, 6) is 0.312. The Kier molecular flexibility index (Phi) is 4.40. The summed E-state index contributed by atoms with van der Waals surface area (Å²) >= 11 is 0. The molecular formula is C15H20N2O. The molecule has 1 aromatic carbocycles. The molecule has 0 radical (unpaired) electrons. The first-order chi connectivity index (χ1) is 8.75. The Balaban J connectivity index is 1.72. The molecule has 0 saturated carbocycles. The molecule has 1 atom stereocenters. The minimum atomic E-state index is 0.137. The lowest BCUT2D eigenvalue weighted by Gasteiger charge is -2.18. The van der Waals surface area contributed by atoms with E-state index in [0.29, 0.717) is 0 Å². The summed E-state index contributed by atoms with van der Waals surface area (Å²) in [5, 5.41) is 6.36. The molecule has 1 aromatic rings. The number of para-hydroxylation sites is 1. The molecule has 18 heavy (non-hydrogen) atoms. The van der Waals surface area contributed by atoms with Gasteiger partial charge in [-0.25, -0.2) is 0 Å². The van der Waals surface area contributed by atoms with Crippen molar-refractivity contribution in [3.8, 4) is 0 Å². The van der Waals surface area contributed by atoms with Crippen molar-refractivity contribution in [2.75, 3.05) is 11.9 Å². The molecule has 1 amide bonds. The SMILES string of the molecule is C[C@@H](CNc1ccccc1)NC(=O)C1CC=CC1. The van der Waals surface area contributed by atoms with E-state index in [9.17, 15) is 4.79 Å². The number of hydrogen-bond acceptors (Lipinski definition) is 2. The van der Waals surface area contributed by atoms with E-state index >= 15 is 0 Å². The number of rotatable bonds is 5. The maximum atomic E-state index is 11.9. The third kappa shape index (κ3) is 3.62. The van der Waals surface area contributed by atoms with Gasteiger partial charge in [-0.1, -0.05) is 30.4 Å². The lowest BCUT2D eigenvalue weighted by Crippen LogP contribution is -2.40. The molecule has 96 valence electrons. The second kappa shape index (κ2) is 6.24. The van der Waals surface area contributed by atoms with Crippen molar-refractivity contribution in [3.63, 3.8) is 0 Å². The molecule has 2 rings (SSSR count). The van der Waals surface area contributed by atoms with Gasteiger partial charge in [-0.3, -0.25) is 4.79 Å². The molecule has 0 bridgehead atoms. The van der Waals surface area contributed by atoms with Gasteiger partial charge in [-0.05, 0) is 31.9 Å². The van der Waals surface area contributed by atoms with Crippen LogP contribution in [0.1, 0.15) is 19.8 Å². The Morgan fingerprint density at radius 3 is 2.61 bits per heavy atom. The highest BCUT2D eigenvalue weighted by atomic mass is 16.1. The largest absolute Gasteiger partial charge is 0.383 e. The van der Waals surface area contributed by atoms with Gasteiger partial charge in [0.1, 0.15) is 0 Å². The zero-order chi connectivity index (χ0) is 12.8. The highest BCUT2D eigenvalue weighted by molar-refractivity contribution is 5.79. The van der Waals surface area contributed by atoms with Crippen molar-refractivity contribution in [1.82, 2.24) is 5.32 Å². The fourth-order valence-corrected chi connectivity index (χ4v) is 2.07. The highest BCUT2D eigenvalue weighted by Gasteiger charge is 2.20. The van der Waals surface area contributed by atoms with Crippen LogP contribution in [-0.4, -0.2) is 18.5 Å². The van der Waals surface area contributed by atoms with E-state index < -0.39 is 0 Å². The van der Waals surface area contributed by atoms with Gasteiger partial charge in [0.2, 0.25) is 5.91 Å². The Hall–Kier alpha value is -1.77. The summed E-state index contributed by atoms with van der Waals surface area (Å²) in [6.07, 6.45) is 5.92. The van der Waals surface area contributed by atoms with Gasteiger partial charge in [0, 0.05) is 24.2 Å². The van der Waals surface area contributed by atoms with Gasteiger partial charge >= 0.3 is 0 Å². The zero-order valence-electron chi connectivity index (χ0n) is 10.7. The van der Waals surface area contributed by atoms with Gasteiger partial charge in [-0.15, -0.1) is 0 Å². The van der Waals surface area contributed by atoms with Gasteiger partial charge in [0.15, 0.2) is 0 Å². The van der Waals surface area contributed by atoms with Crippen molar-refractivity contribution in [1.29, 1.82) is 0 Å². The number of benzene rings is 1. The van der Waals surface area contributed by atoms with Crippen LogP contribution in [0.25, 0.3) is 0 Å².